The predicted molar refractivity (Wildman–Crippen MR) is 97.0 cm³/mol. The minimum atomic E-state index is -1.21. The average molecular weight is 363 g/mol. The van der Waals surface area contributed by atoms with E-state index in [2.05, 4.69) is 19.9 Å². The van der Waals surface area contributed by atoms with Crippen molar-refractivity contribution in [2.75, 3.05) is 0 Å². The molecule has 136 valence electrons. The van der Waals surface area contributed by atoms with Gasteiger partial charge in [-0.15, -0.1) is 0 Å². The zero-order chi connectivity index (χ0) is 18.2. The minimum Gasteiger partial charge on any atom is -0.382 e. The molecule has 3 nitrogen and oxygen atoms in total. The molecule has 0 aromatic heterocycles. The molecular formula is C21H27ClO3. The fourth-order valence-electron chi connectivity index (χ4n) is 6.67. The molecule has 0 spiro atoms. The summed E-state index contributed by atoms with van der Waals surface area (Å²) in [4.78, 5) is 24.2. The maximum Gasteiger partial charge on any atom is 0.161 e. The van der Waals surface area contributed by atoms with Crippen molar-refractivity contribution in [2.24, 2.45) is 28.6 Å². The van der Waals surface area contributed by atoms with Gasteiger partial charge < -0.3 is 5.11 Å². The second-order valence-electron chi connectivity index (χ2n) is 9.16. The molecule has 0 saturated heterocycles. The van der Waals surface area contributed by atoms with Crippen LogP contribution in [0.2, 0.25) is 0 Å². The van der Waals surface area contributed by atoms with Crippen LogP contribution >= 0.6 is 11.6 Å². The van der Waals surface area contributed by atoms with Crippen molar-refractivity contribution >= 4 is 23.2 Å². The Hall–Kier alpha value is -0.930. The highest BCUT2D eigenvalue weighted by Gasteiger charge is 2.65. The van der Waals surface area contributed by atoms with E-state index in [0.29, 0.717) is 23.8 Å². The van der Waals surface area contributed by atoms with Gasteiger partial charge in [-0.3, -0.25) is 9.59 Å². The molecule has 0 bridgehead atoms. The fourth-order valence-corrected chi connectivity index (χ4v) is 7.08. The third kappa shape index (κ3) is 2.09. The van der Waals surface area contributed by atoms with Crippen molar-refractivity contribution in [1.82, 2.24) is 0 Å². The van der Waals surface area contributed by atoms with Gasteiger partial charge in [0.25, 0.3) is 0 Å². The topological polar surface area (TPSA) is 54.4 Å². The molecule has 4 rings (SSSR count). The number of halogens is 1. The molecule has 4 heteroatoms. The quantitative estimate of drug-likeness (QED) is 0.761. The Bertz CT molecular complexity index is 723. The summed E-state index contributed by atoms with van der Waals surface area (Å²) in [5.74, 6) is 1.04. The minimum absolute atomic E-state index is 0.0668. The van der Waals surface area contributed by atoms with Crippen LogP contribution in [0.15, 0.2) is 22.8 Å². The monoisotopic (exact) mass is 362 g/mol. The van der Waals surface area contributed by atoms with Crippen molar-refractivity contribution in [2.45, 2.75) is 64.9 Å². The van der Waals surface area contributed by atoms with Crippen LogP contribution in [0.3, 0.4) is 0 Å². The lowest BCUT2D eigenvalue weighted by Crippen LogP contribution is -2.56. The molecule has 2 fully saturated rings. The van der Waals surface area contributed by atoms with E-state index in [4.69, 9.17) is 11.6 Å². The fraction of sp³-hybridized carbons (Fsp3) is 0.714. The number of carbonyl (C=O) groups is 2. The molecular weight excluding hydrogens is 336 g/mol. The number of fused-ring (bicyclic) bond motifs is 5. The Morgan fingerprint density at radius 3 is 2.56 bits per heavy atom. The van der Waals surface area contributed by atoms with Gasteiger partial charge in [-0.1, -0.05) is 31.5 Å². The van der Waals surface area contributed by atoms with Crippen LogP contribution in [0.1, 0.15) is 59.3 Å². The second-order valence-corrected chi connectivity index (χ2v) is 9.57. The number of hydrogen-bond donors (Lipinski definition) is 1. The van der Waals surface area contributed by atoms with E-state index in [1.807, 2.05) is 0 Å². The lowest BCUT2D eigenvalue weighted by atomic mass is 9.48. The number of ketones is 2. The average Bonchev–Trinajstić information content (AvgIpc) is 2.83. The summed E-state index contributed by atoms with van der Waals surface area (Å²) in [6, 6.07) is 0. The van der Waals surface area contributed by atoms with Gasteiger partial charge in [-0.25, -0.2) is 0 Å². The van der Waals surface area contributed by atoms with Crippen LogP contribution < -0.4 is 0 Å². The van der Waals surface area contributed by atoms with E-state index in [1.165, 1.54) is 6.92 Å². The van der Waals surface area contributed by atoms with E-state index < -0.39 is 5.60 Å². The van der Waals surface area contributed by atoms with Crippen LogP contribution in [-0.2, 0) is 9.59 Å². The van der Waals surface area contributed by atoms with Gasteiger partial charge in [0.1, 0.15) is 5.60 Å². The number of hydrogen-bond acceptors (Lipinski definition) is 3. The van der Waals surface area contributed by atoms with E-state index in [1.54, 1.807) is 6.08 Å². The number of rotatable bonds is 1. The summed E-state index contributed by atoms with van der Waals surface area (Å²) in [6.07, 6.45) is 8.57. The summed E-state index contributed by atoms with van der Waals surface area (Å²) < 4.78 is 0. The molecule has 6 atom stereocenters. The summed E-state index contributed by atoms with van der Waals surface area (Å²) in [7, 11) is 0. The van der Waals surface area contributed by atoms with Crippen molar-refractivity contribution in [3.63, 3.8) is 0 Å². The van der Waals surface area contributed by atoms with E-state index in [0.717, 1.165) is 31.3 Å². The highest BCUT2D eigenvalue weighted by molar-refractivity contribution is 6.32. The smallest absolute Gasteiger partial charge is 0.161 e. The van der Waals surface area contributed by atoms with Gasteiger partial charge >= 0.3 is 0 Å². The van der Waals surface area contributed by atoms with Crippen LogP contribution in [0.25, 0.3) is 0 Å². The SMILES string of the molecule is CC(=O)[C@]1(O)CC[C@@H]2[C@H]3C=C(Cl)C4=CC(=O)CC[C@@]4(C)[C@@H]3CC[C@]21C. The third-order valence-electron chi connectivity index (χ3n) is 8.29. The first-order chi connectivity index (χ1) is 11.6. The van der Waals surface area contributed by atoms with E-state index >= 15 is 0 Å². The van der Waals surface area contributed by atoms with Crippen LogP contribution in [0.5, 0.6) is 0 Å². The summed E-state index contributed by atoms with van der Waals surface area (Å²) >= 11 is 6.65. The molecule has 0 aromatic rings. The summed E-state index contributed by atoms with van der Waals surface area (Å²) in [5, 5.41) is 11.9. The van der Waals surface area contributed by atoms with Crippen molar-refractivity contribution in [1.29, 1.82) is 0 Å². The maximum atomic E-state index is 12.2. The number of Topliss-reactive ketones (excluding diaryl/α,β-unsaturated/α-hetero) is 1. The number of allylic oxidation sites excluding steroid dienone is 4. The van der Waals surface area contributed by atoms with Gasteiger partial charge in [0.05, 0.1) is 0 Å². The normalized spacial score (nSPS) is 48.8. The molecule has 4 aliphatic carbocycles. The highest BCUT2D eigenvalue weighted by atomic mass is 35.5. The zero-order valence-corrected chi connectivity index (χ0v) is 16.0. The summed E-state index contributed by atoms with van der Waals surface area (Å²) in [6.45, 7) is 5.88. The molecule has 0 aromatic carbocycles. The maximum absolute atomic E-state index is 12.2. The van der Waals surface area contributed by atoms with Crippen LogP contribution in [0.4, 0.5) is 0 Å². The lowest BCUT2D eigenvalue weighted by molar-refractivity contribution is -0.156. The van der Waals surface area contributed by atoms with Crippen molar-refractivity contribution < 1.29 is 14.7 Å². The third-order valence-corrected chi connectivity index (χ3v) is 8.62. The molecule has 0 unspecified atom stereocenters. The molecule has 0 radical (unpaired) electrons. The van der Waals surface area contributed by atoms with E-state index in [9.17, 15) is 14.7 Å². The van der Waals surface area contributed by atoms with Gasteiger partial charge in [0, 0.05) is 16.9 Å². The van der Waals surface area contributed by atoms with Crippen LogP contribution in [-0.4, -0.2) is 22.3 Å². The largest absolute Gasteiger partial charge is 0.382 e. The second kappa shape index (κ2) is 5.29. The van der Waals surface area contributed by atoms with Crippen molar-refractivity contribution in [3.05, 3.63) is 22.8 Å². The lowest BCUT2D eigenvalue weighted by Gasteiger charge is -2.57. The first kappa shape index (κ1) is 17.5. The van der Waals surface area contributed by atoms with Gasteiger partial charge in [-0.2, -0.15) is 0 Å². The van der Waals surface area contributed by atoms with E-state index in [-0.39, 0.29) is 34.2 Å². The Labute approximate surface area is 154 Å². The first-order valence-electron chi connectivity index (χ1n) is 9.49. The van der Waals surface area contributed by atoms with Gasteiger partial charge in [-0.05, 0) is 73.8 Å². The number of aliphatic hydroxyl groups is 1. The molecule has 2 saturated carbocycles. The predicted octanol–water partition coefficient (Wildman–Crippen LogP) is 4.18. The Morgan fingerprint density at radius 1 is 1.20 bits per heavy atom. The zero-order valence-electron chi connectivity index (χ0n) is 15.3. The number of carbonyl (C=O) groups excluding carboxylic acids is 2. The Balaban J connectivity index is 1.80. The highest BCUT2D eigenvalue weighted by Crippen LogP contribution is 2.67. The van der Waals surface area contributed by atoms with Gasteiger partial charge in [0.15, 0.2) is 11.6 Å². The molecule has 0 aliphatic heterocycles. The van der Waals surface area contributed by atoms with Crippen molar-refractivity contribution in [3.8, 4) is 0 Å². The molecule has 25 heavy (non-hydrogen) atoms. The molecule has 4 aliphatic rings. The summed E-state index contributed by atoms with van der Waals surface area (Å²) in [5.41, 5.74) is -0.643. The van der Waals surface area contributed by atoms with Gasteiger partial charge in [0.2, 0.25) is 0 Å². The first-order valence-corrected chi connectivity index (χ1v) is 9.87. The molecule has 1 N–H and O–H groups in total. The molecule has 0 amide bonds. The van der Waals surface area contributed by atoms with Crippen LogP contribution in [0, 0.1) is 28.6 Å². The Kier molecular flexibility index (Phi) is 3.70. The molecule has 0 heterocycles. The standard InChI is InChI=1S/C21H27ClO3/c1-12(23)21(25)9-6-16-14-11-18(22)17-10-13(24)4-7-19(17,2)15(14)5-8-20(16,21)3/h10-11,14-16,25H,4-9H2,1-3H3/t14-,15+,16+,19-,20+,21+/m0/s1. The Morgan fingerprint density at radius 2 is 1.88 bits per heavy atom.